The summed E-state index contributed by atoms with van der Waals surface area (Å²) in [7, 11) is -2.18. The molecule has 260 valence electrons. The summed E-state index contributed by atoms with van der Waals surface area (Å²) in [6.45, 7) is 8.56. The summed E-state index contributed by atoms with van der Waals surface area (Å²) in [6, 6.07) is 15.5. The van der Waals surface area contributed by atoms with Gasteiger partial charge < -0.3 is 14.2 Å². The van der Waals surface area contributed by atoms with Crippen molar-refractivity contribution in [3.8, 4) is 17.1 Å². The highest BCUT2D eigenvalue weighted by molar-refractivity contribution is 7.92. The number of anilines is 1. The van der Waals surface area contributed by atoms with Crippen molar-refractivity contribution in [1.29, 1.82) is 0 Å². The standard InChI is InChI=1S/C38H43N7O4S/c1-23(2)33-18-32-36(44(33)5)40-28(20-39-32)21-45-29(16-26-12-6-7-13-26)22-49-34-19-31(35-24(3)10-8-11-25(35)4)41-38(42-34)43-50(47,48)30-15-9-14-27(17-30)37(45)46/h8-11,14-15,17-20,23,26,29H,6-7,12-13,16,21-22H2,1-5H3,(H,41,42,43)/t29-/m1/s1. The SMILES string of the molecule is Cc1cccc(C)c1-c1cc2nc(n1)NS(=O)(=O)c1cccc(c1)C(=O)N(Cc1cnc3cc(C(C)C)n(C)c3n1)[C@H](CC1CCCC1)CO2. The Morgan fingerprint density at radius 2 is 1.72 bits per heavy atom. The maximum Gasteiger partial charge on any atom is 0.264 e. The van der Waals surface area contributed by atoms with Gasteiger partial charge in [0.15, 0.2) is 5.65 Å². The predicted octanol–water partition coefficient (Wildman–Crippen LogP) is 6.95. The molecule has 0 spiro atoms. The van der Waals surface area contributed by atoms with Crippen LogP contribution in [0, 0.1) is 19.8 Å². The topological polar surface area (TPSA) is 132 Å². The van der Waals surface area contributed by atoms with E-state index in [0.29, 0.717) is 23.2 Å². The summed E-state index contributed by atoms with van der Waals surface area (Å²) in [6.07, 6.45) is 6.92. The van der Waals surface area contributed by atoms with E-state index in [1.54, 1.807) is 29.3 Å². The van der Waals surface area contributed by atoms with Crippen LogP contribution in [-0.4, -0.2) is 56.4 Å². The molecule has 1 N–H and O–H groups in total. The fourth-order valence-corrected chi connectivity index (χ4v) is 8.42. The van der Waals surface area contributed by atoms with Crippen LogP contribution in [-0.2, 0) is 23.6 Å². The van der Waals surface area contributed by atoms with Crippen molar-refractivity contribution in [3.05, 3.63) is 88.9 Å². The Balaban J connectivity index is 1.35. The first kappa shape index (κ1) is 33.6. The number of carbonyl (C=O) groups excluding carboxylic acids is 1. The lowest BCUT2D eigenvalue weighted by molar-refractivity contribution is 0.0542. The summed E-state index contributed by atoms with van der Waals surface area (Å²) >= 11 is 0. The van der Waals surface area contributed by atoms with Crippen LogP contribution in [0.2, 0.25) is 0 Å². The van der Waals surface area contributed by atoms with E-state index in [1.165, 1.54) is 12.1 Å². The summed E-state index contributed by atoms with van der Waals surface area (Å²) in [5, 5.41) is 0. The van der Waals surface area contributed by atoms with Crippen molar-refractivity contribution in [2.45, 2.75) is 83.2 Å². The lowest BCUT2D eigenvalue weighted by atomic mass is 9.97. The van der Waals surface area contributed by atoms with E-state index in [0.717, 1.165) is 65.7 Å². The number of carbonyl (C=O) groups is 1. The van der Waals surface area contributed by atoms with E-state index in [9.17, 15) is 13.2 Å². The second-order valence-corrected chi connectivity index (χ2v) is 15.6. The molecule has 0 unspecified atom stereocenters. The minimum atomic E-state index is -4.17. The zero-order valence-electron chi connectivity index (χ0n) is 29.2. The molecule has 1 amide bonds. The number of aromatic nitrogens is 5. The molecular weight excluding hydrogens is 651 g/mol. The number of aryl methyl sites for hydroxylation is 3. The van der Waals surface area contributed by atoms with Crippen LogP contribution < -0.4 is 9.46 Å². The highest BCUT2D eigenvalue weighted by Crippen LogP contribution is 2.33. The predicted molar refractivity (Wildman–Crippen MR) is 193 cm³/mol. The van der Waals surface area contributed by atoms with Crippen LogP contribution in [0.5, 0.6) is 5.88 Å². The minimum Gasteiger partial charge on any atom is -0.475 e. The summed E-state index contributed by atoms with van der Waals surface area (Å²) in [5.41, 5.74) is 6.95. The third-order valence-electron chi connectivity index (χ3n) is 10.0. The molecule has 1 aliphatic heterocycles. The first-order valence-electron chi connectivity index (χ1n) is 17.3. The first-order chi connectivity index (χ1) is 24.0. The fraction of sp³-hybridized carbons (Fsp3) is 0.395. The van der Waals surface area contributed by atoms with Crippen molar-refractivity contribution in [1.82, 2.24) is 29.4 Å². The Morgan fingerprint density at radius 3 is 2.46 bits per heavy atom. The molecule has 4 heterocycles. The van der Waals surface area contributed by atoms with Gasteiger partial charge in [0.25, 0.3) is 15.9 Å². The van der Waals surface area contributed by atoms with Gasteiger partial charge in [-0.05, 0) is 67.5 Å². The van der Waals surface area contributed by atoms with Crippen molar-refractivity contribution >= 4 is 33.0 Å². The van der Waals surface area contributed by atoms with E-state index in [1.807, 2.05) is 39.1 Å². The molecule has 1 atom stereocenters. The van der Waals surface area contributed by atoms with E-state index < -0.39 is 10.0 Å². The highest BCUT2D eigenvalue weighted by atomic mass is 32.2. The van der Waals surface area contributed by atoms with Crippen molar-refractivity contribution < 1.29 is 17.9 Å². The first-order valence-corrected chi connectivity index (χ1v) is 18.8. The van der Waals surface area contributed by atoms with Gasteiger partial charge in [-0.25, -0.2) is 23.1 Å². The van der Waals surface area contributed by atoms with Crippen molar-refractivity contribution in [3.63, 3.8) is 0 Å². The molecule has 12 heteroatoms. The van der Waals surface area contributed by atoms with Crippen molar-refractivity contribution in [2.24, 2.45) is 13.0 Å². The Morgan fingerprint density at radius 1 is 0.980 bits per heavy atom. The van der Waals surface area contributed by atoms with Gasteiger partial charge in [0.1, 0.15) is 12.1 Å². The number of rotatable bonds is 6. The number of sulfonamides is 1. The molecule has 11 nitrogen and oxygen atoms in total. The quantitative estimate of drug-likeness (QED) is 0.202. The molecule has 4 bridgehead atoms. The molecule has 2 aromatic carbocycles. The third-order valence-corrected chi connectivity index (χ3v) is 11.3. The van der Waals surface area contributed by atoms with Gasteiger partial charge in [0.05, 0.1) is 35.1 Å². The number of benzene rings is 2. The van der Waals surface area contributed by atoms with E-state index >= 15 is 0 Å². The third kappa shape index (κ3) is 6.68. The maximum atomic E-state index is 14.6. The van der Waals surface area contributed by atoms with Crippen LogP contribution in [0.4, 0.5) is 5.95 Å². The summed E-state index contributed by atoms with van der Waals surface area (Å²) in [5.74, 6) is 0.523. The molecule has 0 saturated heterocycles. The van der Waals surface area contributed by atoms with E-state index in [-0.39, 0.29) is 47.4 Å². The van der Waals surface area contributed by atoms with Gasteiger partial charge in [0.2, 0.25) is 11.8 Å². The zero-order chi connectivity index (χ0) is 35.2. The molecule has 1 fully saturated rings. The monoisotopic (exact) mass is 693 g/mol. The van der Waals surface area contributed by atoms with Crippen molar-refractivity contribution in [2.75, 3.05) is 11.3 Å². The molecule has 1 saturated carbocycles. The number of hydrogen-bond acceptors (Lipinski definition) is 8. The number of amides is 1. The van der Waals surface area contributed by atoms with Crippen LogP contribution in [0.15, 0.2) is 65.7 Å². The molecule has 2 aliphatic rings. The summed E-state index contributed by atoms with van der Waals surface area (Å²) < 4.78 is 38.6. The fourth-order valence-electron chi connectivity index (χ4n) is 7.43. The van der Waals surface area contributed by atoms with Gasteiger partial charge in [-0.2, -0.15) is 4.98 Å². The van der Waals surface area contributed by atoms with Crippen LogP contribution in [0.1, 0.15) is 84.7 Å². The van der Waals surface area contributed by atoms with Gasteiger partial charge >= 0.3 is 0 Å². The van der Waals surface area contributed by atoms with Crippen LogP contribution in [0.3, 0.4) is 0 Å². The maximum absolute atomic E-state index is 14.6. The Hall–Kier alpha value is -4.84. The van der Waals surface area contributed by atoms with Crippen LogP contribution in [0.25, 0.3) is 22.4 Å². The molecule has 0 radical (unpaired) electrons. The second-order valence-electron chi connectivity index (χ2n) is 14.0. The second kappa shape index (κ2) is 13.5. The number of ether oxygens (including phenoxy) is 1. The van der Waals surface area contributed by atoms with Crippen LogP contribution >= 0.6 is 0 Å². The molecule has 7 rings (SSSR count). The molecular formula is C38H43N7O4S. The molecule has 5 aromatic rings. The average Bonchev–Trinajstić information content (AvgIpc) is 3.72. The summed E-state index contributed by atoms with van der Waals surface area (Å²) in [4.78, 5) is 35.2. The Kier molecular flexibility index (Phi) is 9.06. The van der Waals surface area contributed by atoms with E-state index in [4.69, 9.17) is 14.7 Å². The number of nitrogens with zero attached hydrogens (tertiary/aromatic N) is 6. The zero-order valence-corrected chi connectivity index (χ0v) is 30.0. The number of fused-ring (bicyclic) bond motifs is 5. The van der Waals surface area contributed by atoms with Gasteiger partial charge in [-0.15, -0.1) is 0 Å². The van der Waals surface area contributed by atoms with E-state index in [2.05, 4.69) is 39.2 Å². The molecule has 3 aromatic heterocycles. The van der Waals surface area contributed by atoms with Gasteiger partial charge in [-0.1, -0.05) is 63.8 Å². The normalized spacial score (nSPS) is 18.0. The molecule has 1 aliphatic carbocycles. The Labute approximate surface area is 293 Å². The largest absolute Gasteiger partial charge is 0.475 e. The number of nitrogens with one attached hydrogen (secondary N) is 1. The molecule has 50 heavy (non-hydrogen) atoms. The highest BCUT2D eigenvalue weighted by Gasteiger charge is 2.32. The van der Waals surface area contributed by atoms with Gasteiger partial charge in [0, 0.05) is 29.9 Å². The Bertz CT molecular complexity index is 2170. The minimum absolute atomic E-state index is 0.0651. The lowest BCUT2D eigenvalue weighted by Crippen LogP contribution is -2.44. The lowest BCUT2D eigenvalue weighted by Gasteiger charge is -2.33. The smallest absolute Gasteiger partial charge is 0.264 e. The average molecular weight is 694 g/mol. The van der Waals surface area contributed by atoms with Gasteiger partial charge in [-0.3, -0.25) is 9.78 Å². The number of hydrogen-bond donors (Lipinski definition) is 1.